The van der Waals surface area contributed by atoms with E-state index in [-0.39, 0.29) is 12.7 Å². The SMILES string of the molecule is O=CNc1cccc2c1CCN(CCCNC(=O)OCc1ccccc1)C2. The molecular weight excluding hydrogens is 342 g/mol. The standard InChI is InChI=1S/C21H25N3O3/c25-16-23-20-9-4-8-18-14-24(13-10-19(18)20)12-5-11-22-21(26)27-15-17-6-2-1-3-7-17/h1-4,6-9,16H,5,10-15H2,(H,22,26)(H,23,25). The van der Waals surface area contributed by atoms with Crippen molar-refractivity contribution in [2.45, 2.75) is 26.0 Å². The molecule has 0 atom stereocenters. The molecule has 1 heterocycles. The zero-order valence-electron chi connectivity index (χ0n) is 15.3. The van der Waals surface area contributed by atoms with E-state index in [9.17, 15) is 9.59 Å². The van der Waals surface area contributed by atoms with Gasteiger partial charge in [-0.15, -0.1) is 0 Å². The van der Waals surface area contributed by atoms with Gasteiger partial charge in [-0.3, -0.25) is 9.69 Å². The highest BCUT2D eigenvalue weighted by molar-refractivity contribution is 5.74. The third-order valence-electron chi connectivity index (χ3n) is 4.69. The molecule has 27 heavy (non-hydrogen) atoms. The van der Waals surface area contributed by atoms with Crippen molar-refractivity contribution in [3.8, 4) is 0 Å². The van der Waals surface area contributed by atoms with E-state index >= 15 is 0 Å². The summed E-state index contributed by atoms with van der Waals surface area (Å²) in [7, 11) is 0. The molecular formula is C21H25N3O3. The number of carbonyl (C=O) groups excluding carboxylic acids is 2. The topological polar surface area (TPSA) is 70.7 Å². The molecule has 2 aromatic carbocycles. The fourth-order valence-electron chi connectivity index (χ4n) is 3.32. The van der Waals surface area contributed by atoms with Gasteiger partial charge in [-0.1, -0.05) is 42.5 Å². The van der Waals surface area contributed by atoms with E-state index in [0.29, 0.717) is 6.54 Å². The summed E-state index contributed by atoms with van der Waals surface area (Å²) in [6, 6.07) is 15.6. The average Bonchev–Trinajstić information content (AvgIpc) is 2.71. The molecule has 0 saturated heterocycles. The third kappa shape index (κ3) is 5.56. The molecule has 3 rings (SSSR count). The number of amides is 2. The Bertz CT molecular complexity index is 765. The van der Waals surface area contributed by atoms with Gasteiger partial charge in [0.2, 0.25) is 6.41 Å². The maximum Gasteiger partial charge on any atom is 0.407 e. The van der Waals surface area contributed by atoms with Crippen LogP contribution in [0.5, 0.6) is 0 Å². The molecule has 1 aliphatic rings. The van der Waals surface area contributed by atoms with Gasteiger partial charge in [0, 0.05) is 31.9 Å². The molecule has 1 aliphatic heterocycles. The Kier molecular flexibility index (Phi) is 6.82. The van der Waals surface area contributed by atoms with Crippen molar-refractivity contribution in [2.24, 2.45) is 0 Å². The summed E-state index contributed by atoms with van der Waals surface area (Å²) < 4.78 is 5.20. The molecule has 2 amide bonds. The highest BCUT2D eigenvalue weighted by Crippen LogP contribution is 2.25. The van der Waals surface area contributed by atoms with Crippen molar-refractivity contribution >= 4 is 18.2 Å². The van der Waals surface area contributed by atoms with Crippen molar-refractivity contribution in [2.75, 3.05) is 25.0 Å². The number of hydrogen-bond donors (Lipinski definition) is 2. The van der Waals surface area contributed by atoms with Crippen LogP contribution < -0.4 is 10.6 Å². The van der Waals surface area contributed by atoms with Gasteiger partial charge >= 0.3 is 6.09 Å². The summed E-state index contributed by atoms with van der Waals surface area (Å²) in [6.07, 6.45) is 2.12. The smallest absolute Gasteiger partial charge is 0.407 e. The van der Waals surface area contributed by atoms with E-state index in [0.717, 1.165) is 50.1 Å². The van der Waals surface area contributed by atoms with E-state index < -0.39 is 0 Å². The highest BCUT2D eigenvalue weighted by Gasteiger charge is 2.18. The first-order chi connectivity index (χ1) is 13.3. The fourth-order valence-corrected chi connectivity index (χ4v) is 3.32. The number of benzene rings is 2. The first-order valence-corrected chi connectivity index (χ1v) is 9.24. The summed E-state index contributed by atoms with van der Waals surface area (Å²) in [4.78, 5) is 24.8. The van der Waals surface area contributed by atoms with Crippen LogP contribution in [0.25, 0.3) is 0 Å². The van der Waals surface area contributed by atoms with Crippen LogP contribution in [-0.2, 0) is 29.1 Å². The Morgan fingerprint density at radius 1 is 1.15 bits per heavy atom. The molecule has 2 aromatic rings. The summed E-state index contributed by atoms with van der Waals surface area (Å²) in [5.41, 5.74) is 4.36. The number of hydrogen-bond acceptors (Lipinski definition) is 4. The second-order valence-corrected chi connectivity index (χ2v) is 6.57. The van der Waals surface area contributed by atoms with Gasteiger partial charge in [-0.05, 0) is 35.6 Å². The molecule has 142 valence electrons. The zero-order valence-corrected chi connectivity index (χ0v) is 15.3. The van der Waals surface area contributed by atoms with Gasteiger partial charge < -0.3 is 15.4 Å². The van der Waals surface area contributed by atoms with E-state index in [4.69, 9.17) is 4.74 Å². The molecule has 0 saturated carbocycles. The third-order valence-corrected chi connectivity index (χ3v) is 4.69. The minimum absolute atomic E-state index is 0.284. The second-order valence-electron chi connectivity index (χ2n) is 6.57. The van der Waals surface area contributed by atoms with Crippen molar-refractivity contribution in [3.05, 3.63) is 65.2 Å². The predicted molar refractivity (Wildman–Crippen MR) is 104 cm³/mol. The Labute approximate surface area is 159 Å². The van der Waals surface area contributed by atoms with Crippen LogP contribution in [0.1, 0.15) is 23.1 Å². The zero-order chi connectivity index (χ0) is 18.9. The first-order valence-electron chi connectivity index (χ1n) is 9.24. The minimum atomic E-state index is -0.382. The van der Waals surface area contributed by atoms with Crippen molar-refractivity contribution < 1.29 is 14.3 Å². The summed E-state index contributed by atoms with van der Waals surface area (Å²) in [5.74, 6) is 0. The monoisotopic (exact) mass is 367 g/mol. The largest absolute Gasteiger partial charge is 0.445 e. The number of anilines is 1. The predicted octanol–water partition coefficient (Wildman–Crippen LogP) is 2.93. The molecule has 0 aliphatic carbocycles. The van der Waals surface area contributed by atoms with Crippen LogP contribution in [0.15, 0.2) is 48.5 Å². The molecule has 0 bridgehead atoms. The van der Waals surface area contributed by atoms with E-state index in [1.54, 1.807) is 0 Å². The average molecular weight is 367 g/mol. The molecule has 6 heteroatoms. The Hall–Kier alpha value is -2.86. The lowest BCUT2D eigenvalue weighted by Crippen LogP contribution is -2.34. The van der Waals surface area contributed by atoms with E-state index in [2.05, 4.69) is 21.6 Å². The fraction of sp³-hybridized carbons (Fsp3) is 0.333. The number of fused-ring (bicyclic) bond motifs is 1. The van der Waals surface area contributed by atoms with Crippen LogP contribution in [0, 0.1) is 0 Å². The Morgan fingerprint density at radius 2 is 2.00 bits per heavy atom. The summed E-state index contributed by atoms with van der Waals surface area (Å²) in [5, 5.41) is 5.58. The number of nitrogens with zero attached hydrogens (tertiary/aromatic N) is 1. The maximum atomic E-state index is 11.7. The molecule has 6 nitrogen and oxygen atoms in total. The lowest BCUT2D eigenvalue weighted by Gasteiger charge is -2.29. The number of rotatable bonds is 8. The Balaban J connectivity index is 1.36. The number of carbonyl (C=O) groups is 2. The van der Waals surface area contributed by atoms with Gasteiger partial charge in [0.05, 0.1) is 0 Å². The van der Waals surface area contributed by atoms with Crippen LogP contribution >= 0.6 is 0 Å². The number of alkyl carbamates (subject to hydrolysis) is 1. The molecule has 0 fully saturated rings. The van der Waals surface area contributed by atoms with Crippen molar-refractivity contribution in [3.63, 3.8) is 0 Å². The van der Waals surface area contributed by atoms with Crippen LogP contribution in [0.3, 0.4) is 0 Å². The highest BCUT2D eigenvalue weighted by atomic mass is 16.5. The van der Waals surface area contributed by atoms with Gasteiger partial charge in [0.1, 0.15) is 6.61 Å². The number of nitrogens with one attached hydrogen (secondary N) is 2. The lowest BCUT2D eigenvalue weighted by molar-refractivity contribution is -0.105. The van der Waals surface area contributed by atoms with Gasteiger partial charge in [-0.2, -0.15) is 0 Å². The van der Waals surface area contributed by atoms with Crippen molar-refractivity contribution in [1.82, 2.24) is 10.2 Å². The van der Waals surface area contributed by atoms with Crippen LogP contribution in [0.4, 0.5) is 10.5 Å². The molecule has 0 radical (unpaired) electrons. The quantitative estimate of drug-likeness (QED) is 0.556. The lowest BCUT2D eigenvalue weighted by atomic mass is 9.97. The van der Waals surface area contributed by atoms with Crippen LogP contribution in [-0.4, -0.2) is 37.0 Å². The van der Waals surface area contributed by atoms with Gasteiger partial charge in [0.25, 0.3) is 0 Å². The number of ether oxygens (including phenoxy) is 1. The summed E-state index contributed by atoms with van der Waals surface area (Å²) >= 11 is 0. The normalized spacial score (nSPS) is 13.5. The van der Waals surface area contributed by atoms with Crippen molar-refractivity contribution in [1.29, 1.82) is 0 Å². The maximum absolute atomic E-state index is 11.7. The second kappa shape index (κ2) is 9.73. The minimum Gasteiger partial charge on any atom is -0.445 e. The first kappa shape index (κ1) is 18.9. The van der Waals surface area contributed by atoms with E-state index in [1.165, 1.54) is 11.1 Å². The molecule has 2 N–H and O–H groups in total. The van der Waals surface area contributed by atoms with Gasteiger partial charge in [-0.25, -0.2) is 4.79 Å². The van der Waals surface area contributed by atoms with E-state index in [1.807, 2.05) is 42.5 Å². The van der Waals surface area contributed by atoms with Crippen LogP contribution in [0.2, 0.25) is 0 Å². The molecule has 0 spiro atoms. The molecule has 0 unspecified atom stereocenters. The molecule has 0 aromatic heterocycles. The Morgan fingerprint density at radius 3 is 2.81 bits per heavy atom. The van der Waals surface area contributed by atoms with Gasteiger partial charge in [0.15, 0.2) is 0 Å². The summed E-state index contributed by atoms with van der Waals surface area (Å²) in [6.45, 7) is 3.59.